The molecule has 1 unspecified atom stereocenters. The molecular formula is C25H27N5O3S. The van der Waals surface area contributed by atoms with Crippen molar-refractivity contribution in [3.05, 3.63) is 64.4 Å². The number of carbonyl (C=O) groups is 2. The van der Waals surface area contributed by atoms with E-state index in [9.17, 15) is 14.4 Å². The fourth-order valence-corrected chi connectivity index (χ4v) is 4.66. The van der Waals surface area contributed by atoms with Crippen LogP contribution in [-0.4, -0.2) is 36.1 Å². The molecule has 4 aromatic rings. The van der Waals surface area contributed by atoms with E-state index >= 15 is 0 Å². The third kappa shape index (κ3) is 4.75. The van der Waals surface area contributed by atoms with Crippen molar-refractivity contribution in [1.82, 2.24) is 19.2 Å². The van der Waals surface area contributed by atoms with Crippen LogP contribution < -0.4 is 10.9 Å². The molecule has 176 valence electrons. The van der Waals surface area contributed by atoms with Crippen LogP contribution in [0.5, 0.6) is 0 Å². The fraction of sp³-hybridized carbons (Fsp3) is 0.320. The number of thioether (sulfide) groups is 1. The van der Waals surface area contributed by atoms with E-state index in [1.54, 1.807) is 41.8 Å². The van der Waals surface area contributed by atoms with Gasteiger partial charge in [-0.05, 0) is 44.5 Å². The van der Waals surface area contributed by atoms with Gasteiger partial charge in [-0.1, -0.05) is 55.8 Å². The predicted molar refractivity (Wildman–Crippen MR) is 135 cm³/mol. The van der Waals surface area contributed by atoms with Crippen molar-refractivity contribution >= 4 is 45.8 Å². The van der Waals surface area contributed by atoms with Crippen LogP contribution in [0.2, 0.25) is 0 Å². The van der Waals surface area contributed by atoms with Crippen LogP contribution in [0.4, 0.5) is 5.69 Å². The van der Waals surface area contributed by atoms with Crippen LogP contribution in [0.3, 0.4) is 0 Å². The number of amides is 1. The van der Waals surface area contributed by atoms with Crippen LogP contribution in [0.1, 0.15) is 50.4 Å². The number of carbonyl (C=O) groups excluding carboxylic acids is 2. The lowest BCUT2D eigenvalue weighted by molar-refractivity contribution is -0.115. The predicted octanol–water partition coefficient (Wildman–Crippen LogP) is 4.56. The van der Waals surface area contributed by atoms with Crippen LogP contribution in [-0.2, 0) is 11.3 Å². The number of Topliss-reactive ketones (excluding diaryl/α,β-unsaturated/α-hetero) is 1. The average molecular weight is 478 g/mol. The number of para-hydroxylation sites is 1. The molecule has 0 bridgehead atoms. The van der Waals surface area contributed by atoms with Gasteiger partial charge in [0.2, 0.25) is 11.7 Å². The van der Waals surface area contributed by atoms with Gasteiger partial charge in [0, 0.05) is 17.8 Å². The number of aromatic nitrogens is 4. The molecule has 1 atom stereocenters. The molecule has 9 heteroatoms. The van der Waals surface area contributed by atoms with Gasteiger partial charge in [0.05, 0.1) is 16.2 Å². The summed E-state index contributed by atoms with van der Waals surface area (Å²) in [7, 11) is 0. The molecule has 34 heavy (non-hydrogen) atoms. The summed E-state index contributed by atoms with van der Waals surface area (Å²) in [5.41, 5.74) is 1.73. The summed E-state index contributed by atoms with van der Waals surface area (Å²) in [5.74, 6) is 0.192. The number of nitrogens with zero attached hydrogens (tertiary/aromatic N) is 4. The molecule has 2 aromatic carbocycles. The lowest BCUT2D eigenvalue weighted by Gasteiger charge is -2.13. The summed E-state index contributed by atoms with van der Waals surface area (Å²) in [6.45, 7) is 5.96. The van der Waals surface area contributed by atoms with Crippen molar-refractivity contribution in [1.29, 1.82) is 0 Å². The molecule has 0 aliphatic rings. The van der Waals surface area contributed by atoms with Gasteiger partial charge >= 0.3 is 0 Å². The Morgan fingerprint density at radius 2 is 1.88 bits per heavy atom. The van der Waals surface area contributed by atoms with E-state index in [0.29, 0.717) is 39.6 Å². The summed E-state index contributed by atoms with van der Waals surface area (Å²) >= 11 is 1.27. The maximum Gasteiger partial charge on any atom is 0.262 e. The van der Waals surface area contributed by atoms with Gasteiger partial charge in [-0.25, -0.2) is 0 Å². The number of nitrogens with one attached hydrogen (secondary N) is 1. The summed E-state index contributed by atoms with van der Waals surface area (Å²) in [5, 5.41) is 12.2. The van der Waals surface area contributed by atoms with Crippen molar-refractivity contribution < 1.29 is 9.59 Å². The molecule has 0 saturated heterocycles. The number of hydrogen-bond acceptors (Lipinski definition) is 6. The van der Waals surface area contributed by atoms with Gasteiger partial charge < -0.3 is 5.32 Å². The van der Waals surface area contributed by atoms with Crippen LogP contribution in [0.25, 0.3) is 16.7 Å². The summed E-state index contributed by atoms with van der Waals surface area (Å²) in [6, 6.07) is 14.2. The second-order valence-corrected chi connectivity index (χ2v) is 9.49. The SMILES string of the molecule is CCCCCn1c(=O)c2ccccc2n2c(SC(C)C(=O)Nc3cccc(C(C)=O)c3)nnc12. The van der Waals surface area contributed by atoms with Gasteiger partial charge in [-0.3, -0.25) is 23.4 Å². The zero-order valence-corrected chi connectivity index (χ0v) is 20.3. The van der Waals surface area contributed by atoms with Crippen molar-refractivity contribution in [3.8, 4) is 0 Å². The number of unbranched alkanes of at least 4 members (excludes halogenated alkanes) is 2. The first-order valence-corrected chi connectivity index (χ1v) is 12.2. The maximum atomic E-state index is 13.1. The van der Waals surface area contributed by atoms with Gasteiger partial charge in [-0.2, -0.15) is 0 Å². The molecule has 8 nitrogen and oxygen atoms in total. The second kappa shape index (κ2) is 10.2. The minimum atomic E-state index is -0.493. The van der Waals surface area contributed by atoms with Crippen LogP contribution in [0.15, 0.2) is 58.5 Å². The smallest absolute Gasteiger partial charge is 0.262 e. The maximum absolute atomic E-state index is 13.1. The van der Waals surface area contributed by atoms with Crippen molar-refractivity contribution in [2.45, 2.75) is 57.0 Å². The first kappa shape index (κ1) is 23.7. The summed E-state index contributed by atoms with van der Waals surface area (Å²) in [4.78, 5) is 37.7. The molecule has 1 N–H and O–H groups in total. The zero-order chi connectivity index (χ0) is 24.2. The molecule has 0 fully saturated rings. The Balaban J connectivity index is 1.65. The second-order valence-electron chi connectivity index (χ2n) is 8.19. The number of hydrogen-bond donors (Lipinski definition) is 1. The Bertz CT molecular complexity index is 1430. The molecule has 2 heterocycles. The lowest BCUT2D eigenvalue weighted by atomic mass is 10.1. The molecule has 0 aliphatic heterocycles. The fourth-order valence-electron chi connectivity index (χ4n) is 3.80. The van der Waals surface area contributed by atoms with Crippen molar-refractivity contribution in [2.24, 2.45) is 0 Å². The molecule has 0 spiro atoms. The highest BCUT2D eigenvalue weighted by atomic mass is 32.2. The largest absolute Gasteiger partial charge is 0.325 e. The van der Waals surface area contributed by atoms with E-state index in [0.717, 1.165) is 19.3 Å². The molecule has 0 saturated carbocycles. The standard InChI is InChI=1S/C25H27N5O3S/c1-4-5-8-14-29-23(33)20-12-6-7-13-21(20)30-24(29)27-28-25(30)34-17(3)22(32)26-19-11-9-10-18(15-19)16(2)31/h6-7,9-13,15,17H,4-5,8,14H2,1-3H3,(H,26,32). The van der Waals surface area contributed by atoms with E-state index in [1.807, 2.05) is 22.6 Å². The summed E-state index contributed by atoms with van der Waals surface area (Å²) < 4.78 is 3.53. The van der Waals surface area contributed by atoms with Crippen molar-refractivity contribution in [2.75, 3.05) is 5.32 Å². The highest BCUT2D eigenvalue weighted by Gasteiger charge is 2.21. The van der Waals surface area contributed by atoms with E-state index in [2.05, 4.69) is 22.4 Å². The van der Waals surface area contributed by atoms with Crippen molar-refractivity contribution in [3.63, 3.8) is 0 Å². The van der Waals surface area contributed by atoms with Crippen LogP contribution >= 0.6 is 11.8 Å². The number of ketones is 1. The molecule has 4 rings (SSSR count). The molecule has 2 aromatic heterocycles. The van der Waals surface area contributed by atoms with Gasteiger partial charge in [-0.15, -0.1) is 10.2 Å². The minimum Gasteiger partial charge on any atom is -0.325 e. The summed E-state index contributed by atoms with van der Waals surface area (Å²) in [6.07, 6.45) is 2.94. The third-order valence-corrected chi connectivity index (χ3v) is 6.69. The first-order valence-electron chi connectivity index (χ1n) is 11.4. The number of anilines is 1. The van der Waals surface area contributed by atoms with Crippen LogP contribution in [0, 0.1) is 0 Å². The molecular weight excluding hydrogens is 450 g/mol. The lowest BCUT2D eigenvalue weighted by Crippen LogP contribution is -2.24. The zero-order valence-electron chi connectivity index (χ0n) is 19.4. The number of benzene rings is 2. The van der Waals surface area contributed by atoms with E-state index in [4.69, 9.17) is 0 Å². The normalized spacial score (nSPS) is 12.2. The average Bonchev–Trinajstić information content (AvgIpc) is 3.24. The van der Waals surface area contributed by atoms with E-state index in [1.165, 1.54) is 18.7 Å². The van der Waals surface area contributed by atoms with Gasteiger partial charge in [0.1, 0.15) is 0 Å². The quantitative estimate of drug-likeness (QED) is 0.216. The third-order valence-electron chi connectivity index (χ3n) is 5.65. The van der Waals surface area contributed by atoms with Gasteiger partial charge in [0.25, 0.3) is 5.56 Å². The number of fused-ring (bicyclic) bond motifs is 3. The monoisotopic (exact) mass is 477 g/mol. The van der Waals surface area contributed by atoms with E-state index in [-0.39, 0.29) is 17.2 Å². The molecule has 0 radical (unpaired) electrons. The van der Waals surface area contributed by atoms with Gasteiger partial charge in [0.15, 0.2) is 10.9 Å². The molecule has 1 amide bonds. The Kier molecular flexibility index (Phi) is 7.12. The number of aryl methyl sites for hydroxylation is 1. The highest BCUT2D eigenvalue weighted by Crippen LogP contribution is 2.26. The Labute approximate surface area is 201 Å². The number of rotatable bonds is 9. The van der Waals surface area contributed by atoms with E-state index < -0.39 is 5.25 Å². The first-order chi connectivity index (χ1) is 16.4. The Hall–Kier alpha value is -3.46. The molecule has 0 aliphatic carbocycles. The Morgan fingerprint density at radius 1 is 1.09 bits per heavy atom. The topological polar surface area (TPSA) is 98.4 Å². The Morgan fingerprint density at radius 3 is 2.65 bits per heavy atom. The minimum absolute atomic E-state index is 0.0645. The highest BCUT2D eigenvalue weighted by molar-refractivity contribution is 8.00.